The standard InChI is InChI=1S/C21H21N3O6/c1-28-15-5-2-13(3-6-15)11-24-20(26)16(23-21(24)27)7-9-19(25)22-14-4-8-17-18(10-14)30-12-29-17/h2-6,8,10,16H,7,9,11-12H2,1H3,(H,22,25)(H,23,27)/t16-/m0/s1. The minimum atomic E-state index is -0.724. The van der Waals surface area contributed by atoms with Crippen molar-refractivity contribution in [2.75, 3.05) is 19.2 Å². The van der Waals surface area contributed by atoms with Crippen molar-refractivity contribution >= 4 is 23.5 Å². The molecule has 0 unspecified atom stereocenters. The minimum absolute atomic E-state index is 0.0848. The quantitative estimate of drug-likeness (QED) is 0.677. The zero-order valence-corrected chi connectivity index (χ0v) is 16.3. The van der Waals surface area contributed by atoms with Gasteiger partial charge in [0.2, 0.25) is 12.7 Å². The molecule has 156 valence electrons. The van der Waals surface area contributed by atoms with Crippen LogP contribution in [-0.4, -0.2) is 42.7 Å². The van der Waals surface area contributed by atoms with Gasteiger partial charge in [0.15, 0.2) is 11.5 Å². The Bertz CT molecular complexity index is 975. The lowest BCUT2D eigenvalue weighted by atomic mass is 10.1. The average molecular weight is 411 g/mol. The van der Waals surface area contributed by atoms with Gasteiger partial charge >= 0.3 is 6.03 Å². The van der Waals surface area contributed by atoms with Gasteiger partial charge in [0, 0.05) is 18.2 Å². The number of nitrogens with zero attached hydrogens (tertiary/aromatic N) is 1. The van der Waals surface area contributed by atoms with E-state index >= 15 is 0 Å². The third kappa shape index (κ3) is 4.14. The smallest absolute Gasteiger partial charge is 0.325 e. The van der Waals surface area contributed by atoms with Gasteiger partial charge in [-0.3, -0.25) is 14.5 Å². The second-order valence-electron chi connectivity index (χ2n) is 6.93. The van der Waals surface area contributed by atoms with Crippen LogP contribution in [-0.2, 0) is 16.1 Å². The first kappa shape index (κ1) is 19.6. The van der Waals surface area contributed by atoms with Gasteiger partial charge < -0.3 is 24.8 Å². The molecule has 2 aliphatic rings. The molecule has 2 N–H and O–H groups in total. The van der Waals surface area contributed by atoms with E-state index < -0.39 is 12.1 Å². The molecule has 2 aromatic rings. The number of carbonyl (C=O) groups excluding carboxylic acids is 3. The van der Waals surface area contributed by atoms with Crippen molar-refractivity contribution in [1.82, 2.24) is 10.2 Å². The van der Waals surface area contributed by atoms with Gasteiger partial charge in [-0.2, -0.15) is 0 Å². The van der Waals surface area contributed by atoms with E-state index in [4.69, 9.17) is 14.2 Å². The Morgan fingerprint density at radius 3 is 2.70 bits per heavy atom. The Labute approximate surface area is 172 Å². The first-order chi connectivity index (χ1) is 14.5. The van der Waals surface area contributed by atoms with Crippen molar-refractivity contribution in [3.05, 3.63) is 48.0 Å². The molecule has 0 bridgehead atoms. The molecule has 0 aliphatic carbocycles. The monoisotopic (exact) mass is 411 g/mol. The number of methoxy groups -OCH3 is 1. The minimum Gasteiger partial charge on any atom is -0.497 e. The van der Waals surface area contributed by atoms with Gasteiger partial charge in [-0.05, 0) is 36.2 Å². The molecule has 0 aromatic heterocycles. The van der Waals surface area contributed by atoms with Crippen molar-refractivity contribution in [2.45, 2.75) is 25.4 Å². The molecular formula is C21H21N3O6. The topological polar surface area (TPSA) is 106 Å². The van der Waals surface area contributed by atoms with Crippen LogP contribution in [0.2, 0.25) is 0 Å². The molecule has 1 fully saturated rings. The van der Waals surface area contributed by atoms with Crippen LogP contribution < -0.4 is 24.8 Å². The second kappa shape index (κ2) is 8.32. The third-order valence-electron chi connectivity index (χ3n) is 4.92. The molecule has 2 heterocycles. The Balaban J connectivity index is 1.29. The summed E-state index contributed by atoms with van der Waals surface area (Å²) in [6, 6.07) is 11.1. The van der Waals surface area contributed by atoms with Gasteiger partial charge in [0.05, 0.1) is 13.7 Å². The number of anilines is 1. The largest absolute Gasteiger partial charge is 0.497 e. The molecule has 4 rings (SSSR count). The molecule has 0 spiro atoms. The molecule has 0 radical (unpaired) electrons. The first-order valence-corrected chi connectivity index (χ1v) is 9.48. The first-order valence-electron chi connectivity index (χ1n) is 9.48. The molecule has 4 amide bonds. The van der Waals surface area contributed by atoms with Crippen molar-refractivity contribution in [2.24, 2.45) is 0 Å². The van der Waals surface area contributed by atoms with E-state index in [-0.39, 0.29) is 38.0 Å². The van der Waals surface area contributed by atoms with Crippen molar-refractivity contribution in [3.8, 4) is 17.2 Å². The van der Waals surface area contributed by atoms with E-state index in [1.807, 2.05) is 0 Å². The Kier molecular flexibility index (Phi) is 5.42. The normalized spacial score (nSPS) is 17.1. The predicted molar refractivity (Wildman–Crippen MR) is 106 cm³/mol. The summed E-state index contributed by atoms with van der Waals surface area (Å²) in [5.41, 5.74) is 1.38. The Morgan fingerprint density at radius 1 is 1.17 bits per heavy atom. The summed E-state index contributed by atoms with van der Waals surface area (Å²) in [6.07, 6.45) is 0.293. The number of rotatable bonds is 7. The van der Waals surface area contributed by atoms with Gasteiger partial charge in [-0.1, -0.05) is 12.1 Å². The molecule has 2 aromatic carbocycles. The highest BCUT2D eigenvalue weighted by Gasteiger charge is 2.37. The van der Waals surface area contributed by atoms with Gasteiger partial charge in [0.1, 0.15) is 11.8 Å². The summed E-state index contributed by atoms with van der Waals surface area (Å²) in [4.78, 5) is 38.2. The summed E-state index contributed by atoms with van der Waals surface area (Å²) in [5, 5.41) is 5.41. The van der Waals surface area contributed by atoms with Crippen LogP contribution in [0.5, 0.6) is 17.2 Å². The number of hydrogen-bond acceptors (Lipinski definition) is 6. The maximum absolute atomic E-state index is 12.6. The molecule has 1 atom stereocenters. The van der Waals surface area contributed by atoms with Gasteiger partial charge in [-0.15, -0.1) is 0 Å². The molecule has 9 heteroatoms. The van der Waals surface area contributed by atoms with E-state index in [1.54, 1.807) is 49.6 Å². The molecular weight excluding hydrogens is 390 g/mol. The van der Waals surface area contributed by atoms with Gasteiger partial charge in [-0.25, -0.2) is 4.79 Å². The highest BCUT2D eigenvalue weighted by atomic mass is 16.7. The van der Waals surface area contributed by atoms with Crippen LogP contribution in [0.1, 0.15) is 18.4 Å². The molecule has 0 saturated carbocycles. The summed E-state index contributed by atoms with van der Waals surface area (Å²) in [5.74, 6) is 1.29. The molecule has 30 heavy (non-hydrogen) atoms. The van der Waals surface area contributed by atoms with Crippen molar-refractivity contribution in [1.29, 1.82) is 0 Å². The number of fused-ring (bicyclic) bond motifs is 1. The highest BCUT2D eigenvalue weighted by Crippen LogP contribution is 2.34. The summed E-state index contributed by atoms with van der Waals surface area (Å²) >= 11 is 0. The SMILES string of the molecule is COc1ccc(CN2C(=O)N[C@@H](CCC(=O)Nc3ccc4c(c3)OCO4)C2=O)cc1. The number of ether oxygens (including phenoxy) is 3. The van der Waals surface area contributed by atoms with Crippen LogP contribution in [0, 0.1) is 0 Å². The third-order valence-corrected chi connectivity index (χ3v) is 4.92. The lowest BCUT2D eigenvalue weighted by Crippen LogP contribution is -2.31. The highest BCUT2D eigenvalue weighted by molar-refractivity contribution is 6.04. The number of nitrogens with one attached hydrogen (secondary N) is 2. The summed E-state index contributed by atoms with van der Waals surface area (Å²) in [7, 11) is 1.57. The number of benzene rings is 2. The fraction of sp³-hybridized carbons (Fsp3) is 0.286. The van der Waals surface area contributed by atoms with Crippen LogP contribution in [0.4, 0.5) is 10.5 Å². The number of amides is 4. The average Bonchev–Trinajstić information content (AvgIpc) is 3.32. The van der Waals surface area contributed by atoms with E-state index in [0.717, 1.165) is 10.5 Å². The zero-order chi connectivity index (χ0) is 21.1. The number of urea groups is 1. The molecule has 2 aliphatic heterocycles. The fourth-order valence-corrected chi connectivity index (χ4v) is 3.31. The zero-order valence-electron chi connectivity index (χ0n) is 16.3. The second-order valence-corrected chi connectivity index (χ2v) is 6.93. The fourth-order valence-electron chi connectivity index (χ4n) is 3.31. The number of imide groups is 1. The Hall–Kier alpha value is -3.75. The van der Waals surface area contributed by atoms with E-state index in [1.165, 1.54) is 0 Å². The van der Waals surface area contributed by atoms with Crippen LogP contribution in [0.25, 0.3) is 0 Å². The van der Waals surface area contributed by atoms with E-state index in [0.29, 0.717) is 22.9 Å². The summed E-state index contributed by atoms with van der Waals surface area (Å²) in [6.45, 7) is 0.317. The van der Waals surface area contributed by atoms with Crippen molar-refractivity contribution in [3.63, 3.8) is 0 Å². The lowest BCUT2D eigenvalue weighted by molar-refractivity contribution is -0.128. The van der Waals surface area contributed by atoms with E-state index in [2.05, 4.69) is 10.6 Å². The molecule has 9 nitrogen and oxygen atoms in total. The molecule has 1 saturated heterocycles. The maximum Gasteiger partial charge on any atom is 0.325 e. The lowest BCUT2D eigenvalue weighted by Gasteiger charge is -2.13. The maximum atomic E-state index is 12.6. The Morgan fingerprint density at radius 2 is 1.93 bits per heavy atom. The van der Waals surface area contributed by atoms with Gasteiger partial charge in [0.25, 0.3) is 5.91 Å². The predicted octanol–water partition coefficient (Wildman–Crippen LogP) is 2.26. The van der Waals surface area contributed by atoms with Crippen LogP contribution in [0.15, 0.2) is 42.5 Å². The van der Waals surface area contributed by atoms with Crippen molar-refractivity contribution < 1.29 is 28.6 Å². The van der Waals surface area contributed by atoms with E-state index in [9.17, 15) is 14.4 Å². The number of carbonyl (C=O) groups is 3. The summed E-state index contributed by atoms with van der Waals surface area (Å²) < 4.78 is 15.6. The van der Waals surface area contributed by atoms with Crippen LogP contribution in [0.3, 0.4) is 0 Å². The number of hydrogen-bond donors (Lipinski definition) is 2. The van der Waals surface area contributed by atoms with Crippen LogP contribution >= 0.6 is 0 Å².